The van der Waals surface area contributed by atoms with Crippen LogP contribution in [0.5, 0.6) is 11.5 Å². The first-order valence-corrected chi connectivity index (χ1v) is 9.54. The lowest BCUT2D eigenvalue weighted by Crippen LogP contribution is -2.40. The molecule has 6 heteroatoms. The summed E-state index contributed by atoms with van der Waals surface area (Å²) >= 11 is 0. The van der Waals surface area contributed by atoms with Crippen LogP contribution < -0.4 is 15.2 Å². The van der Waals surface area contributed by atoms with E-state index in [0.717, 1.165) is 23.1 Å². The number of hydrogen-bond donors (Lipinski definition) is 1. The van der Waals surface area contributed by atoms with Gasteiger partial charge in [0.05, 0.1) is 32.4 Å². The van der Waals surface area contributed by atoms with Crippen molar-refractivity contribution in [2.24, 2.45) is 5.73 Å². The zero-order valence-corrected chi connectivity index (χ0v) is 16.6. The van der Waals surface area contributed by atoms with Gasteiger partial charge in [0.15, 0.2) is 11.5 Å². The van der Waals surface area contributed by atoms with Gasteiger partial charge in [0, 0.05) is 6.54 Å². The molecule has 1 aliphatic heterocycles. The molecule has 0 aliphatic carbocycles. The highest BCUT2D eigenvalue weighted by molar-refractivity contribution is 5.94. The van der Waals surface area contributed by atoms with Crippen molar-refractivity contribution in [3.05, 3.63) is 82.8 Å². The van der Waals surface area contributed by atoms with Gasteiger partial charge in [-0.15, -0.1) is 0 Å². The molecule has 0 spiro atoms. The second-order valence-corrected chi connectivity index (χ2v) is 6.97. The predicted octanol–water partition coefficient (Wildman–Crippen LogP) is 3.54. The minimum atomic E-state index is -0.233. The van der Waals surface area contributed by atoms with E-state index in [-0.39, 0.29) is 18.5 Å². The van der Waals surface area contributed by atoms with Crippen LogP contribution in [0.25, 0.3) is 0 Å². The van der Waals surface area contributed by atoms with Crippen LogP contribution in [0.1, 0.15) is 38.9 Å². The maximum absolute atomic E-state index is 13.4. The minimum absolute atomic E-state index is 0.0808. The average molecular weight is 392 g/mol. The highest BCUT2D eigenvalue weighted by Crippen LogP contribution is 2.41. The van der Waals surface area contributed by atoms with E-state index >= 15 is 0 Å². The Bertz CT molecular complexity index is 1010. The fourth-order valence-corrected chi connectivity index (χ4v) is 3.93. The monoisotopic (exact) mass is 392 g/mol. The number of ether oxygens (including phenoxy) is 2. The van der Waals surface area contributed by atoms with Crippen LogP contribution in [0.4, 0.5) is 0 Å². The fourth-order valence-electron chi connectivity index (χ4n) is 3.93. The maximum Gasteiger partial charge on any atom is 0.257 e. The Morgan fingerprint density at radius 1 is 1.14 bits per heavy atom. The van der Waals surface area contributed by atoms with Gasteiger partial charge in [0.2, 0.25) is 0 Å². The Morgan fingerprint density at radius 2 is 1.86 bits per heavy atom. The summed E-state index contributed by atoms with van der Waals surface area (Å²) in [5.41, 5.74) is 9.37. The number of furan rings is 1. The van der Waals surface area contributed by atoms with Crippen molar-refractivity contribution < 1.29 is 18.7 Å². The number of carbonyl (C=O) groups is 1. The standard InChI is InChI=1S/C23H24N2O4/c1-27-20-11-16-8-9-25(23(26)17-10-18(13-24)29-14-17)22(15-6-4-3-5-7-15)19(16)12-21(20)28-2/h3-7,10-12,14,22H,8-9,13,24H2,1-2H3. The zero-order valence-electron chi connectivity index (χ0n) is 16.6. The van der Waals surface area contributed by atoms with Gasteiger partial charge < -0.3 is 24.5 Å². The average Bonchev–Trinajstić information content (AvgIpc) is 3.26. The summed E-state index contributed by atoms with van der Waals surface area (Å²) in [5, 5.41) is 0. The van der Waals surface area contributed by atoms with Crippen molar-refractivity contribution in [1.29, 1.82) is 0 Å². The Kier molecular flexibility index (Phi) is 5.27. The molecule has 0 bridgehead atoms. The lowest BCUT2D eigenvalue weighted by molar-refractivity contribution is 0.0693. The van der Waals surface area contributed by atoms with E-state index in [2.05, 4.69) is 0 Å². The van der Waals surface area contributed by atoms with Gasteiger partial charge in [-0.3, -0.25) is 4.79 Å². The molecule has 0 fully saturated rings. The first-order valence-electron chi connectivity index (χ1n) is 9.54. The van der Waals surface area contributed by atoms with Gasteiger partial charge in [0.1, 0.15) is 12.0 Å². The summed E-state index contributed by atoms with van der Waals surface area (Å²) in [7, 11) is 3.25. The third-order valence-corrected chi connectivity index (χ3v) is 5.35. The van der Waals surface area contributed by atoms with Crippen LogP contribution in [-0.2, 0) is 13.0 Å². The Morgan fingerprint density at radius 3 is 2.52 bits per heavy atom. The van der Waals surface area contributed by atoms with E-state index in [1.165, 1.54) is 6.26 Å². The van der Waals surface area contributed by atoms with Crippen molar-refractivity contribution in [1.82, 2.24) is 4.90 Å². The number of amides is 1. The Labute approximate surface area is 169 Å². The number of methoxy groups -OCH3 is 2. The SMILES string of the molecule is COc1cc2c(cc1OC)C(c1ccccc1)N(C(=O)c1coc(CN)c1)CC2. The molecule has 6 nitrogen and oxygen atoms in total. The predicted molar refractivity (Wildman–Crippen MR) is 109 cm³/mol. The number of benzene rings is 2. The second kappa shape index (κ2) is 8.01. The number of nitrogens with zero attached hydrogens (tertiary/aromatic N) is 1. The quantitative estimate of drug-likeness (QED) is 0.719. The number of nitrogens with two attached hydrogens (primary N) is 1. The van der Waals surface area contributed by atoms with Gasteiger partial charge in [-0.1, -0.05) is 30.3 Å². The molecule has 3 aromatic rings. The lowest BCUT2D eigenvalue weighted by atomic mass is 9.87. The molecule has 2 heterocycles. The summed E-state index contributed by atoms with van der Waals surface area (Å²) < 4.78 is 16.4. The maximum atomic E-state index is 13.4. The normalized spacial score (nSPS) is 15.7. The molecule has 1 unspecified atom stereocenters. The van der Waals surface area contributed by atoms with Crippen LogP contribution in [0, 0.1) is 0 Å². The van der Waals surface area contributed by atoms with Gasteiger partial charge in [-0.25, -0.2) is 0 Å². The summed E-state index contributed by atoms with van der Waals surface area (Å²) in [6.07, 6.45) is 2.21. The molecule has 1 atom stereocenters. The minimum Gasteiger partial charge on any atom is -0.493 e. The highest BCUT2D eigenvalue weighted by atomic mass is 16.5. The van der Waals surface area contributed by atoms with Crippen molar-refractivity contribution in [2.45, 2.75) is 19.0 Å². The molecule has 1 aliphatic rings. The smallest absolute Gasteiger partial charge is 0.257 e. The van der Waals surface area contributed by atoms with Crippen LogP contribution in [-0.4, -0.2) is 31.6 Å². The largest absolute Gasteiger partial charge is 0.493 e. The molecule has 1 aromatic heterocycles. The van der Waals surface area contributed by atoms with Crippen LogP contribution in [0.3, 0.4) is 0 Å². The van der Waals surface area contributed by atoms with Gasteiger partial charge >= 0.3 is 0 Å². The van der Waals surface area contributed by atoms with E-state index in [1.807, 2.05) is 47.4 Å². The summed E-state index contributed by atoms with van der Waals surface area (Å²) in [6.45, 7) is 0.846. The molecule has 150 valence electrons. The molecule has 2 aromatic carbocycles. The number of hydrogen-bond acceptors (Lipinski definition) is 5. The van der Waals surface area contributed by atoms with E-state index in [1.54, 1.807) is 20.3 Å². The molecule has 29 heavy (non-hydrogen) atoms. The number of carbonyl (C=O) groups excluding carboxylic acids is 1. The van der Waals surface area contributed by atoms with Crippen molar-refractivity contribution in [2.75, 3.05) is 20.8 Å². The van der Waals surface area contributed by atoms with Crippen LogP contribution in [0.2, 0.25) is 0 Å². The molecular formula is C23H24N2O4. The van der Waals surface area contributed by atoms with Crippen molar-refractivity contribution in [3.8, 4) is 11.5 Å². The van der Waals surface area contributed by atoms with E-state index in [4.69, 9.17) is 19.6 Å². The third-order valence-electron chi connectivity index (χ3n) is 5.35. The number of fused-ring (bicyclic) bond motifs is 1. The molecule has 0 radical (unpaired) electrons. The van der Waals surface area contributed by atoms with E-state index in [0.29, 0.717) is 29.4 Å². The topological polar surface area (TPSA) is 77.9 Å². The zero-order chi connectivity index (χ0) is 20.4. The number of rotatable bonds is 5. The lowest BCUT2D eigenvalue weighted by Gasteiger charge is -2.38. The van der Waals surface area contributed by atoms with E-state index in [9.17, 15) is 4.79 Å². The first-order chi connectivity index (χ1) is 14.2. The summed E-state index contributed by atoms with van der Waals surface area (Å²) in [4.78, 5) is 15.3. The summed E-state index contributed by atoms with van der Waals surface area (Å²) in [5.74, 6) is 1.85. The molecular weight excluding hydrogens is 368 g/mol. The van der Waals surface area contributed by atoms with Gasteiger partial charge in [-0.2, -0.15) is 0 Å². The molecule has 0 saturated carbocycles. The van der Waals surface area contributed by atoms with Crippen molar-refractivity contribution >= 4 is 5.91 Å². The molecule has 1 amide bonds. The van der Waals surface area contributed by atoms with Crippen LogP contribution >= 0.6 is 0 Å². The Balaban J connectivity index is 1.82. The molecule has 0 saturated heterocycles. The van der Waals surface area contributed by atoms with Crippen molar-refractivity contribution in [3.63, 3.8) is 0 Å². The fraction of sp³-hybridized carbons (Fsp3) is 0.261. The molecule has 2 N–H and O–H groups in total. The third kappa shape index (κ3) is 3.47. The van der Waals surface area contributed by atoms with Crippen LogP contribution in [0.15, 0.2) is 59.2 Å². The highest BCUT2D eigenvalue weighted by Gasteiger charge is 2.34. The second-order valence-electron chi connectivity index (χ2n) is 6.97. The van der Waals surface area contributed by atoms with E-state index < -0.39 is 0 Å². The summed E-state index contributed by atoms with van der Waals surface area (Å²) in [6, 6.07) is 15.5. The first kappa shape index (κ1) is 19.1. The molecule has 4 rings (SSSR count). The van der Waals surface area contributed by atoms with Gasteiger partial charge in [-0.05, 0) is 41.3 Å². The Hall–Kier alpha value is -3.25. The van der Waals surface area contributed by atoms with Gasteiger partial charge in [0.25, 0.3) is 5.91 Å².